The van der Waals surface area contributed by atoms with Gasteiger partial charge in [-0.15, -0.1) is 11.3 Å². The molecule has 0 N–H and O–H groups in total. The van der Waals surface area contributed by atoms with Crippen LogP contribution in [0.25, 0.3) is 11.8 Å². The number of ether oxygens (including phenoxy) is 1. The fourth-order valence-corrected chi connectivity index (χ4v) is 2.70. The number of carbonyl (C=O) groups is 1. The van der Waals surface area contributed by atoms with Gasteiger partial charge in [0.25, 0.3) is 0 Å². The highest BCUT2D eigenvalue weighted by Gasteiger charge is 2.21. The van der Waals surface area contributed by atoms with Crippen molar-refractivity contribution in [2.75, 3.05) is 0 Å². The van der Waals surface area contributed by atoms with Crippen molar-refractivity contribution in [3.63, 3.8) is 0 Å². The zero-order valence-corrected chi connectivity index (χ0v) is 12.2. The Labute approximate surface area is 123 Å². The second-order valence-corrected chi connectivity index (χ2v) is 5.92. The maximum Gasteiger partial charge on any atom is 0.343 e. The van der Waals surface area contributed by atoms with Crippen LogP contribution in [0.4, 0.5) is 0 Å². The van der Waals surface area contributed by atoms with Gasteiger partial charge in [-0.1, -0.05) is 34.1 Å². The Morgan fingerprint density at radius 1 is 1.16 bits per heavy atom. The third-order valence-corrected chi connectivity index (χ3v) is 4.04. The van der Waals surface area contributed by atoms with E-state index in [0.717, 1.165) is 14.9 Å². The Balaban J connectivity index is 1.93. The summed E-state index contributed by atoms with van der Waals surface area (Å²) >= 11 is 4.97. The summed E-state index contributed by atoms with van der Waals surface area (Å²) in [6.45, 7) is 0. The molecule has 1 aliphatic heterocycles. The summed E-state index contributed by atoms with van der Waals surface area (Å²) in [6, 6.07) is 11.6. The van der Waals surface area contributed by atoms with Crippen molar-refractivity contribution >= 4 is 45.1 Å². The van der Waals surface area contributed by atoms with Crippen molar-refractivity contribution in [3.8, 4) is 0 Å². The smallest absolute Gasteiger partial charge is 0.343 e. The molecule has 94 valence electrons. The summed E-state index contributed by atoms with van der Waals surface area (Å²) in [5.41, 5.74) is 1.48. The molecule has 2 aromatic rings. The zero-order valence-electron chi connectivity index (χ0n) is 9.80. The Morgan fingerprint density at radius 2 is 1.95 bits per heavy atom. The van der Waals surface area contributed by atoms with E-state index in [0.29, 0.717) is 11.3 Å². The number of esters is 1. The van der Waals surface area contributed by atoms with Crippen LogP contribution in [0.2, 0.25) is 0 Å². The molecule has 0 saturated carbocycles. The molecule has 0 spiro atoms. The van der Waals surface area contributed by atoms with Gasteiger partial charge in [0.2, 0.25) is 0 Å². The van der Waals surface area contributed by atoms with Gasteiger partial charge in [0.15, 0.2) is 0 Å². The average Bonchev–Trinajstić information content (AvgIpc) is 3.02. The minimum atomic E-state index is -0.300. The monoisotopic (exact) mass is 332 g/mol. The standard InChI is InChI=1S/C15H9BrO2S/c16-12-5-3-10(4-6-12)14-9-11(15(17)18-14)8-13-2-1-7-19-13/h1-9H/b11-8-. The molecule has 3 rings (SSSR count). The van der Waals surface area contributed by atoms with Gasteiger partial charge in [0.05, 0.1) is 5.57 Å². The summed E-state index contributed by atoms with van der Waals surface area (Å²) in [6.07, 6.45) is 3.63. The molecule has 0 bridgehead atoms. The van der Waals surface area contributed by atoms with E-state index >= 15 is 0 Å². The molecule has 0 aliphatic carbocycles. The lowest BCUT2D eigenvalue weighted by Crippen LogP contribution is -1.96. The van der Waals surface area contributed by atoms with Gasteiger partial charge >= 0.3 is 5.97 Å². The van der Waals surface area contributed by atoms with Crippen LogP contribution in [0.3, 0.4) is 0 Å². The number of thiophene rings is 1. The number of benzene rings is 1. The molecule has 0 amide bonds. The summed E-state index contributed by atoms with van der Waals surface area (Å²) in [5.74, 6) is 0.298. The van der Waals surface area contributed by atoms with Crippen molar-refractivity contribution in [2.45, 2.75) is 0 Å². The SMILES string of the molecule is O=C1OC(c2ccc(Br)cc2)=C/C1=C/c1cccs1. The molecule has 19 heavy (non-hydrogen) atoms. The Kier molecular flexibility index (Phi) is 3.36. The first-order chi connectivity index (χ1) is 9.22. The first-order valence-corrected chi connectivity index (χ1v) is 7.35. The summed E-state index contributed by atoms with van der Waals surface area (Å²) in [5, 5.41) is 1.98. The van der Waals surface area contributed by atoms with Crippen LogP contribution in [-0.2, 0) is 9.53 Å². The zero-order chi connectivity index (χ0) is 13.2. The molecule has 2 nitrogen and oxygen atoms in total. The Bertz CT molecular complexity index is 667. The molecular weight excluding hydrogens is 324 g/mol. The topological polar surface area (TPSA) is 26.3 Å². The van der Waals surface area contributed by atoms with Crippen molar-refractivity contribution < 1.29 is 9.53 Å². The second-order valence-electron chi connectivity index (χ2n) is 4.02. The van der Waals surface area contributed by atoms with Gasteiger partial charge < -0.3 is 4.74 Å². The van der Waals surface area contributed by atoms with Crippen LogP contribution < -0.4 is 0 Å². The average molecular weight is 333 g/mol. The van der Waals surface area contributed by atoms with E-state index in [2.05, 4.69) is 15.9 Å². The van der Waals surface area contributed by atoms with Crippen LogP contribution in [0.5, 0.6) is 0 Å². The molecule has 0 unspecified atom stereocenters. The predicted octanol–water partition coefficient (Wildman–Crippen LogP) is 4.49. The third kappa shape index (κ3) is 2.69. The lowest BCUT2D eigenvalue weighted by Gasteiger charge is -2.01. The van der Waals surface area contributed by atoms with Gasteiger partial charge in [-0.3, -0.25) is 0 Å². The van der Waals surface area contributed by atoms with Gasteiger partial charge in [-0.05, 0) is 35.7 Å². The molecule has 0 atom stereocenters. The highest BCUT2D eigenvalue weighted by atomic mass is 79.9. The fraction of sp³-hybridized carbons (Fsp3) is 0. The number of rotatable bonds is 2. The second kappa shape index (κ2) is 5.15. The van der Waals surface area contributed by atoms with Gasteiger partial charge in [-0.2, -0.15) is 0 Å². The number of hydrogen-bond acceptors (Lipinski definition) is 3. The summed E-state index contributed by atoms with van der Waals surface area (Å²) < 4.78 is 6.29. The largest absolute Gasteiger partial charge is 0.422 e. The van der Waals surface area contributed by atoms with Gasteiger partial charge in [-0.25, -0.2) is 4.79 Å². The van der Waals surface area contributed by atoms with E-state index in [9.17, 15) is 4.79 Å². The van der Waals surface area contributed by atoms with E-state index in [1.165, 1.54) is 0 Å². The van der Waals surface area contributed by atoms with E-state index in [-0.39, 0.29) is 5.97 Å². The molecular formula is C15H9BrO2S. The lowest BCUT2D eigenvalue weighted by molar-refractivity contribution is -0.130. The van der Waals surface area contributed by atoms with Crippen LogP contribution >= 0.6 is 27.3 Å². The summed E-state index contributed by atoms with van der Waals surface area (Å²) in [4.78, 5) is 12.8. The fourth-order valence-electron chi connectivity index (χ4n) is 1.77. The molecule has 1 aliphatic rings. The minimum absolute atomic E-state index is 0.300. The van der Waals surface area contributed by atoms with E-state index in [1.807, 2.05) is 47.9 Å². The molecule has 0 radical (unpaired) electrons. The first-order valence-electron chi connectivity index (χ1n) is 5.67. The Morgan fingerprint density at radius 3 is 2.63 bits per heavy atom. The molecule has 0 saturated heterocycles. The Hall–Kier alpha value is -1.65. The van der Waals surface area contributed by atoms with E-state index < -0.39 is 0 Å². The molecule has 0 fully saturated rings. The first kappa shape index (κ1) is 12.4. The predicted molar refractivity (Wildman–Crippen MR) is 80.5 cm³/mol. The number of carbonyl (C=O) groups excluding carboxylic acids is 1. The van der Waals surface area contributed by atoms with E-state index in [1.54, 1.807) is 17.4 Å². The molecule has 2 heterocycles. The van der Waals surface area contributed by atoms with Crippen LogP contribution in [-0.4, -0.2) is 5.97 Å². The normalized spacial score (nSPS) is 16.6. The number of cyclic esters (lactones) is 1. The highest BCUT2D eigenvalue weighted by molar-refractivity contribution is 9.10. The van der Waals surface area contributed by atoms with Gasteiger partial charge in [0.1, 0.15) is 5.76 Å². The van der Waals surface area contributed by atoms with Crippen LogP contribution in [0.15, 0.2) is 57.9 Å². The number of hydrogen-bond donors (Lipinski definition) is 0. The molecule has 1 aromatic heterocycles. The quantitative estimate of drug-likeness (QED) is 0.598. The van der Waals surface area contributed by atoms with Crippen LogP contribution in [0.1, 0.15) is 10.4 Å². The third-order valence-electron chi connectivity index (χ3n) is 2.69. The highest BCUT2D eigenvalue weighted by Crippen LogP contribution is 2.28. The molecule has 4 heteroatoms. The van der Waals surface area contributed by atoms with Gasteiger partial charge in [0, 0.05) is 14.9 Å². The lowest BCUT2D eigenvalue weighted by atomic mass is 10.1. The van der Waals surface area contributed by atoms with Crippen molar-refractivity contribution in [1.29, 1.82) is 0 Å². The summed E-state index contributed by atoms with van der Waals surface area (Å²) in [7, 11) is 0. The number of halogens is 1. The van der Waals surface area contributed by atoms with E-state index in [4.69, 9.17) is 4.74 Å². The van der Waals surface area contributed by atoms with Crippen LogP contribution in [0, 0.1) is 0 Å². The van der Waals surface area contributed by atoms with Crippen molar-refractivity contribution in [3.05, 3.63) is 68.3 Å². The molecule has 1 aromatic carbocycles. The van der Waals surface area contributed by atoms with Crippen molar-refractivity contribution in [2.24, 2.45) is 0 Å². The van der Waals surface area contributed by atoms with Crippen molar-refractivity contribution in [1.82, 2.24) is 0 Å². The maximum atomic E-state index is 11.8. The minimum Gasteiger partial charge on any atom is -0.422 e. The maximum absolute atomic E-state index is 11.8.